The minimum Gasteiger partial charge on any atom is -0.352 e. The molecule has 0 aliphatic rings. The van der Waals surface area contributed by atoms with Crippen LogP contribution in [-0.4, -0.2) is 71.0 Å². The lowest BCUT2D eigenvalue weighted by molar-refractivity contribution is 0.765. The molecule has 2 N–H and O–H groups in total. The molecule has 0 atom stereocenters. The van der Waals surface area contributed by atoms with E-state index in [2.05, 4.69) is 55.5 Å². The Morgan fingerprint density at radius 1 is 0.484 bits per heavy atom. The molecular formula is C13H10Cl6N12. The molecule has 0 fully saturated rings. The summed E-state index contributed by atoms with van der Waals surface area (Å²) in [6, 6.07) is 0. The van der Waals surface area contributed by atoms with Crippen molar-refractivity contribution in [2.45, 2.75) is 0 Å². The van der Waals surface area contributed by atoms with Gasteiger partial charge in [-0.3, -0.25) is 0 Å². The van der Waals surface area contributed by atoms with Crippen LogP contribution in [0.5, 0.6) is 0 Å². The Bertz CT molecular complexity index is 937. The molecule has 3 rings (SSSR count). The largest absolute Gasteiger partial charge is 0.352 e. The first-order chi connectivity index (χ1) is 14.8. The number of halogens is 6. The molecule has 3 aromatic rings. The fraction of sp³-hybridized carbons (Fsp3) is 0.308. The molecule has 0 aromatic carbocycles. The van der Waals surface area contributed by atoms with Crippen LogP contribution in [0.15, 0.2) is 0 Å². The maximum absolute atomic E-state index is 5.91. The molecule has 0 spiro atoms. The second-order valence-corrected chi connectivity index (χ2v) is 7.44. The predicted octanol–water partition coefficient (Wildman–Crippen LogP) is 3.19. The van der Waals surface area contributed by atoms with Gasteiger partial charge < -0.3 is 15.5 Å². The van der Waals surface area contributed by atoms with Crippen LogP contribution in [0.2, 0.25) is 31.7 Å². The summed E-state index contributed by atoms with van der Waals surface area (Å²) in [6.07, 6.45) is 0. The van der Waals surface area contributed by atoms with Gasteiger partial charge in [0.15, 0.2) is 0 Å². The third kappa shape index (κ3) is 7.66. The lowest BCUT2D eigenvalue weighted by Gasteiger charge is -2.23. The van der Waals surface area contributed by atoms with E-state index >= 15 is 0 Å². The number of aromatic nitrogens is 9. The smallest absolute Gasteiger partial charge is 0.231 e. The summed E-state index contributed by atoms with van der Waals surface area (Å²) in [5.74, 6) is 0.681. The van der Waals surface area contributed by atoms with E-state index in [-0.39, 0.29) is 49.5 Å². The van der Waals surface area contributed by atoms with Crippen LogP contribution in [0, 0.1) is 0 Å². The zero-order valence-corrected chi connectivity index (χ0v) is 19.6. The lowest BCUT2D eigenvalue weighted by atomic mass is 10.4. The van der Waals surface area contributed by atoms with Crippen LogP contribution in [0.3, 0.4) is 0 Å². The van der Waals surface area contributed by atoms with Crippen LogP contribution in [0.4, 0.5) is 17.8 Å². The number of rotatable bonds is 9. The van der Waals surface area contributed by atoms with Crippen LogP contribution < -0.4 is 15.5 Å². The van der Waals surface area contributed by atoms with E-state index in [4.69, 9.17) is 69.6 Å². The Hall–Kier alpha value is -1.83. The molecule has 164 valence electrons. The average molecular weight is 547 g/mol. The summed E-state index contributed by atoms with van der Waals surface area (Å²) >= 11 is 34.9. The van der Waals surface area contributed by atoms with Gasteiger partial charge in [0, 0.05) is 26.2 Å². The lowest BCUT2D eigenvalue weighted by Crippen LogP contribution is -2.35. The van der Waals surface area contributed by atoms with Gasteiger partial charge in [0.2, 0.25) is 49.5 Å². The van der Waals surface area contributed by atoms with Crippen molar-refractivity contribution in [2.75, 3.05) is 41.7 Å². The summed E-state index contributed by atoms with van der Waals surface area (Å²) in [5.41, 5.74) is 0. The first kappa shape index (κ1) is 23.8. The van der Waals surface area contributed by atoms with E-state index in [0.717, 1.165) is 0 Å². The monoisotopic (exact) mass is 544 g/mol. The predicted molar refractivity (Wildman–Crippen MR) is 119 cm³/mol. The quantitative estimate of drug-likeness (QED) is 0.406. The number of hydrogen-bond donors (Lipinski definition) is 2. The molecule has 12 nitrogen and oxygen atoms in total. The minimum atomic E-state index is -0.0482. The Kier molecular flexibility index (Phi) is 8.58. The van der Waals surface area contributed by atoms with Crippen molar-refractivity contribution >= 4 is 87.5 Å². The zero-order chi connectivity index (χ0) is 22.4. The van der Waals surface area contributed by atoms with Crippen molar-refractivity contribution in [2.24, 2.45) is 0 Å². The van der Waals surface area contributed by atoms with Crippen molar-refractivity contribution in [3.63, 3.8) is 0 Å². The Labute approximate surface area is 205 Å². The fourth-order valence-electron chi connectivity index (χ4n) is 2.18. The van der Waals surface area contributed by atoms with E-state index in [1.165, 1.54) is 0 Å². The average Bonchev–Trinajstić information content (AvgIpc) is 2.64. The zero-order valence-electron chi connectivity index (χ0n) is 15.1. The minimum absolute atomic E-state index is 0.0331. The molecule has 0 unspecified atom stereocenters. The highest BCUT2D eigenvalue weighted by Gasteiger charge is 2.14. The Balaban J connectivity index is 1.66. The van der Waals surface area contributed by atoms with E-state index < -0.39 is 0 Å². The molecule has 18 heteroatoms. The van der Waals surface area contributed by atoms with Crippen molar-refractivity contribution in [1.82, 2.24) is 44.9 Å². The van der Waals surface area contributed by atoms with Gasteiger partial charge >= 0.3 is 0 Å². The van der Waals surface area contributed by atoms with E-state index in [1.807, 2.05) is 0 Å². The highest BCUT2D eigenvalue weighted by Crippen LogP contribution is 2.15. The molecule has 0 bridgehead atoms. The molecule has 0 saturated heterocycles. The van der Waals surface area contributed by atoms with Crippen molar-refractivity contribution < 1.29 is 0 Å². The van der Waals surface area contributed by atoms with Crippen molar-refractivity contribution in [3.05, 3.63) is 31.7 Å². The molecular weight excluding hydrogens is 537 g/mol. The van der Waals surface area contributed by atoms with Crippen LogP contribution in [-0.2, 0) is 0 Å². The van der Waals surface area contributed by atoms with Gasteiger partial charge in [-0.2, -0.15) is 44.9 Å². The Morgan fingerprint density at radius 2 is 0.806 bits per heavy atom. The number of anilines is 3. The maximum atomic E-state index is 5.91. The van der Waals surface area contributed by atoms with Crippen LogP contribution >= 0.6 is 69.6 Å². The molecule has 3 heterocycles. The highest BCUT2D eigenvalue weighted by atomic mass is 35.5. The van der Waals surface area contributed by atoms with E-state index in [9.17, 15) is 0 Å². The Morgan fingerprint density at radius 3 is 1.16 bits per heavy atom. The highest BCUT2D eigenvalue weighted by molar-refractivity contribution is 6.32. The summed E-state index contributed by atoms with van der Waals surface area (Å²) in [7, 11) is 0. The first-order valence-electron chi connectivity index (χ1n) is 8.22. The summed E-state index contributed by atoms with van der Waals surface area (Å²) in [6.45, 7) is 1.50. The molecule has 0 aliphatic heterocycles. The number of nitrogens with zero attached hydrogens (tertiary/aromatic N) is 10. The van der Waals surface area contributed by atoms with E-state index in [0.29, 0.717) is 26.2 Å². The first-order valence-corrected chi connectivity index (χ1v) is 10.5. The van der Waals surface area contributed by atoms with Gasteiger partial charge in [-0.25, -0.2) is 0 Å². The molecule has 0 radical (unpaired) electrons. The normalized spacial score (nSPS) is 10.8. The maximum Gasteiger partial charge on any atom is 0.231 e. The van der Waals surface area contributed by atoms with Gasteiger partial charge in [-0.1, -0.05) is 0 Å². The number of nitrogens with one attached hydrogen (secondary N) is 2. The standard InChI is InChI=1S/C13H10Cl6N12/c14-5-22-6(15)26-11(25-5)20-1-3-31(13-29-9(18)24-10(19)30-13)4-2-21-12-27-7(16)23-8(17)28-12/h1-4H2,(H,20,22,25,26)(H,21,23,27,28). The molecule has 0 amide bonds. The molecule has 0 saturated carbocycles. The molecule has 31 heavy (non-hydrogen) atoms. The third-order valence-corrected chi connectivity index (χ3v) is 4.36. The van der Waals surface area contributed by atoms with Crippen LogP contribution in [0.25, 0.3) is 0 Å². The summed E-state index contributed by atoms with van der Waals surface area (Å²) < 4.78 is 0. The van der Waals surface area contributed by atoms with E-state index in [1.54, 1.807) is 4.90 Å². The van der Waals surface area contributed by atoms with Gasteiger partial charge in [-0.15, -0.1) is 0 Å². The van der Waals surface area contributed by atoms with Gasteiger partial charge in [-0.05, 0) is 69.6 Å². The fourth-order valence-corrected chi connectivity index (χ4v) is 3.27. The van der Waals surface area contributed by atoms with Crippen LogP contribution in [0.1, 0.15) is 0 Å². The van der Waals surface area contributed by atoms with Gasteiger partial charge in [0.05, 0.1) is 0 Å². The van der Waals surface area contributed by atoms with Gasteiger partial charge in [0.1, 0.15) is 0 Å². The second-order valence-electron chi connectivity index (χ2n) is 5.41. The number of hydrogen-bond acceptors (Lipinski definition) is 12. The summed E-state index contributed by atoms with van der Waals surface area (Å²) in [4.78, 5) is 36.8. The SMILES string of the molecule is Clc1nc(Cl)nc(NCCN(CCNc2nc(Cl)nc(Cl)n2)c2nc(Cl)nc(Cl)n2)n1. The summed E-state index contributed by atoms with van der Waals surface area (Å²) in [5, 5.41) is 5.73. The third-order valence-electron chi connectivity index (χ3n) is 3.34. The molecule has 3 aromatic heterocycles. The molecule has 0 aliphatic carbocycles. The second kappa shape index (κ2) is 11.2. The van der Waals surface area contributed by atoms with Gasteiger partial charge in [0.25, 0.3) is 0 Å². The van der Waals surface area contributed by atoms with Crippen molar-refractivity contribution in [1.29, 1.82) is 0 Å². The topological polar surface area (TPSA) is 143 Å². The van der Waals surface area contributed by atoms with Crippen molar-refractivity contribution in [3.8, 4) is 0 Å².